The molecule has 0 bridgehead atoms. The van der Waals surface area contributed by atoms with Crippen molar-refractivity contribution in [2.75, 3.05) is 0 Å². The van der Waals surface area contributed by atoms with Crippen LogP contribution in [0.5, 0.6) is 5.75 Å². The molecule has 30 heavy (non-hydrogen) atoms. The van der Waals surface area contributed by atoms with Crippen LogP contribution in [0.2, 0.25) is 0 Å². The van der Waals surface area contributed by atoms with E-state index in [0.29, 0.717) is 24.0 Å². The van der Waals surface area contributed by atoms with Gasteiger partial charge in [0.15, 0.2) is 0 Å². The Labute approximate surface area is 181 Å². The highest BCUT2D eigenvalue weighted by Gasteiger charge is 2.26. The molecule has 1 aromatic rings. The van der Waals surface area contributed by atoms with Gasteiger partial charge in [-0.3, -0.25) is 4.55 Å². The maximum Gasteiger partial charge on any atom is 0.339 e. The van der Waals surface area contributed by atoms with Gasteiger partial charge in [-0.2, -0.15) is 8.42 Å². The Balaban J connectivity index is 3.11. The fourth-order valence-electron chi connectivity index (χ4n) is 3.84. The summed E-state index contributed by atoms with van der Waals surface area (Å²) in [6.07, 6.45) is 13.0. The lowest BCUT2D eigenvalue weighted by molar-refractivity contribution is 0.0693. The first-order valence-corrected chi connectivity index (χ1v) is 12.8. The summed E-state index contributed by atoms with van der Waals surface area (Å²) in [4.78, 5) is 11.2. The van der Waals surface area contributed by atoms with Gasteiger partial charge >= 0.3 is 5.97 Å². The number of rotatable bonds is 16. The van der Waals surface area contributed by atoms with Crippen molar-refractivity contribution in [3.63, 3.8) is 0 Å². The van der Waals surface area contributed by atoms with Gasteiger partial charge < -0.3 is 10.2 Å². The van der Waals surface area contributed by atoms with Gasteiger partial charge in [0.1, 0.15) is 11.3 Å². The van der Waals surface area contributed by atoms with Gasteiger partial charge in [-0.25, -0.2) is 4.79 Å². The molecule has 0 spiro atoms. The van der Waals surface area contributed by atoms with Crippen LogP contribution >= 0.6 is 0 Å². The van der Waals surface area contributed by atoms with Gasteiger partial charge in [0, 0.05) is 0 Å². The lowest BCUT2D eigenvalue weighted by Crippen LogP contribution is -2.11. The molecule has 1 aromatic carbocycles. The molecule has 172 valence electrons. The normalized spacial score (nSPS) is 11.7. The van der Waals surface area contributed by atoms with E-state index >= 15 is 0 Å². The zero-order chi connectivity index (χ0) is 22.6. The Hall–Kier alpha value is -1.60. The van der Waals surface area contributed by atoms with Crippen LogP contribution in [0.25, 0.3) is 0 Å². The maximum absolute atomic E-state index is 12.0. The van der Waals surface area contributed by atoms with Crippen LogP contribution in [-0.4, -0.2) is 29.2 Å². The molecule has 0 radical (unpaired) electrons. The molecule has 0 amide bonds. The Morgan fingerprint density at radius 3 is 1.67 bits per heavy atom. The number of carbonyl (C=O) groups is 1. The number of carboxylic acid groups (broad SMARTS) is 1. The summed E-state index contributed by atoms with van der Waals surface area (Å²) in [6, 6.07) is 0.893. The summed E-state index contributed by atoms with van der Waals surface area (Å²) in [6.45, 7) is 4.28. The lowest BCUT2D eigenvalue weighted by Gasteiger charge is -2.17. The summed E-state index contributed by atoms with van der Waals surface area (Å²) in [5, 5.41) is 20.0. The molecular weight excluding hydrogens is 404 g/mol. The van der Waals surface area contributed by atoms with Gasteiger partial charge in [0.2, 0.25) is 0 Å². The molecule has 0 saturated heterocycles. The standard InChI is InChI=1S/C23H38O6S/c1-3-5-7-9-11-13-15-18-19(16-14-12-10-8-6-4-2)22(24)20(23(25)26)17-21(18)30(27,28)29/h17,24H,3-16H2,1-2H3,(H,25,26)(H,27,28,29). The van der Waals surface area contributed by atoms with E-state index in [1.54, 1.807) is 0 Å². The van der Waals surface area contributed by atoms with Crippen LogP contribution in [0, 0.1) is 0 Å². The molecule has 0 heterocycles. The van der Waals surface area contributed by atoms with Gasteiger partial charge in [-0.15, -0.1) is 0 Å². The minimum Gasteiger partial charge on any atom is -0.507 e. The highest BCUT2D eigenvalue weighted by atomic mass is 32.2. The summed E-state index contributed by atoms with van der Waals surface area (Å²) in [7, 11) is -4.60. The molecule has 1 rings (SSSR count). The molecule has 0 fully saturated rings. The van der Waals surface area contributed by atoms with E-state index < -0.39 is 21.7 Å². The topological polar surface area (TPSA) is 112 Å². The predicted octanol–water partition coefficient (Wildman–Crippen LogP) is 6.14. The SMILES string of the molecule is CCCCCCCCc1c(S(=O)(=O)O)cc(C(=O)O)c(O)c1CCCCCCCC. The number of aromatic carboxylic acids is 1. The second-order valence-electron chi connectivity index (χ2n) is 8.04. The van der Waals surface area contributed by atoms with Crippen molar-refractivity contribution >= 4 is 16.1 Å². The first-order valence-electron chi connectivity index (χ1n) is 11.3. The monoisotopic (exact) mass is 442 g/mol. The van der Waals surface area contributed by atoms with Gasteiger partial charge in [-0.05, 0) is 42.9 Å². The maximum atomic E-state index is 12.0. The van der Waals surface area contributed by atoms with Crippen LogP contribution in [0.3, 0.4) is 0 Å². The molecule has 0 aliphatic carbocycles. The van der Waals surface area contributed by atoms with Crippen molar-refractivity contribution < 1.29 is 28.0 Å². The van der Waals surface area contributed by atoms with Crippen LogP contribution in [0.15, 0.2) is 11.0 Å². The average molecular weight is 443 g/mol. The number of phenols is 1. The molecule has 3 N–H and O–H groups in total. The minimum absolute atomic E-state index is 0.353. The molecular formula is C23H38O6S. The van der Waals surface area contributed by atoms with Crippen molar-refractivity contribution in [1.29, 1.82) is 0 Å². The van der Waals surface area contributed by atoms with Crippen molar-refractivity contribution in [3.8, 4) is 5.75 Å². The van der Waals surface area contributed by atoms with E-state index in [1.165, 1.54) is 0 Å². The molecule has 6 nitrogen and oxygen atoms in total. The number of hydrogen-bond acceptors (Lipinski definition) is 4. The summed E-state index contributed by atoms with van der Waals surface area (Å²) in [5.74, 6) is -1.78. The Bertz CT molecular complexity index is 770. The third-order valence-corrected chi connectivity index (χ3v) is 6.47. The highest BCUT2D eigenvalue weighted by Crippen LogP contribution is 2.34. The second-order valence-corrected chi connectivity index (χ2v) is 9.43. The van der Waals surface area contributed by atoms with E-state index in [9.17, 15) is 28.0 Å². The number of aromatic hydroxyl groups is 1. The minimum atomic E-state index is -4.60. The van der Waals surface area contributed by atoms with Crippen molar-refractivity contribution in [3.05, 3.63) is 22.8 Å². The smallest absolute Gasteiger partial charge is 0.339 e. The Kier molecular flexibility index (Phi) is 12.0. The quantitative estimate of drug-likeness (QED) is 0.209. The lowest BCUT2D eigenvalue weighted by atomic mass is 9.93. The number of unbranched alkanes of at least 4 members (excludes halogenated alkanes) is 10. The zero-order valence-corrected chi connectivity index (χ0v) is 19.3. The predicted molar refractivity (Wildman–Crippen MR) is 119 cm³/mol. The first kappa shape index (κ1) is 26.4. The van der Waals surface area contributed by atoms with Gasteiger partial charge in [0.05, 0.1) is 4.90 Å². The van der Waals surface area contributed by atoms with E-state index in [2.05, 4.69) is 13.8 Å². The van der Waals surface area contributed by atoms with Crippen molar-refractivity contribution in [1.82, 2.24) is 0 Å². The fraction of sp³-hybridized carbons (Fsp3) is 0.696. The Morgan fingerprint density at radius 2 is 1.23 bits per heavy atom. The number of hydrogen-bond donors (Lipinski definition) is 3. The van der Waals surface area contributed by atoms with E-state index in [4.69, 9.17) is 0 Å². The van der Waals surface area contributed by atoms with Crippen LogP contribution in [-0.2, 0) is 23.0 Å². The molecule has 0 aliphatic heterocycles. The molecule has 0 atom stereocenters. The van der Waals surface area contributed by atoms with Crippen LogP contribution in [0.1, 0.15) is 112 Å². The zero-order valence-electron chi connectivity index (χ0n) is 18.5. The third kappa shape index (κ3) is 8.64. The van der Waals surface area contributed by atoms with Crippen LogP contribution < -0.4 is 0 Å². The van der Waals surface area contributed by atoms with Crippen LogP contribution in [0.4, 0.5) is 0 Å². The summed E-state index contributed by atoms with van der Waals surface area (Å²) in [5.41, 5.74) is 0.242. The highest BCUT2D eigenvalue weighted by molar-refractivity contribution is 7.85. The largest absolute Gasteiger partial charge is 0.507 e. The number of carboxylic acids is 1. The Morgan fingerprint density at radius 1 is 0.800 bits per heavy atom. The van der Waals surface area contributed by atoms with Crippen molar-refractivity contribution in [2.45, 2.75) is 109 Å². The first-order chi connectivity index (χ1) is 14.2. The molecule has 7 heteroatoms. The summed E-state index contributed by atoms with van der Waals surface area (Å²) < 4.78 is 33.7. The number of benzene rings is 1. The molecule has 0 aliphatic rings. The van der Waals surface area contributed by atoms with Gasteiger partial charge in [0.25, 0.3) is 10.1 Å². The second kappa shape index (κ2) is 13.7. The third-order valence-electron chi connectivity index (χ3n) is 5.55. The van der Waals surface area contributed by atoms with Gasteiger partial charge in [-0.1, -0.05) is 78.1 Å². The van der Waals surface area contributed by atoms with E-state index in [0.717, 1.165) is 83.1 Å². The van der Waals surface area contributed by atoms with Crippen molar-refractivity contribution in [2.24, 2.45) is 0 Å². The van der Waals surface area contributed by atoms with E-state index in [-0.39, 0.29) is 10.6 Å². The van der Waals surface area contributed by atoms with E-state index in [1.807, 2.05) is 0 Å². The summed E-state index contributed by atoms with van der Waals surface area (Å²) >= 11 is 0. The molecule has 0 aromatic heterocycles. The fourth-order valence-corrected chi connectivity index (χ4v) is 4.64. The molecule has 0 unspecified atom stereocenters. The molecule has 0 saturated carbocycles. The average Bonchev–Trinajstić information content (AvgIpc) is 2.67.